The molecular weight excluding hydrogens is 498 g/mol. The van der Waals surface area contributed by atoms with Crippen LogP contribution in [0.2, 0.25) is 0 Å². The van der Waals surface area contributed by atoms with Crippen molar-refractivity contribution in [3.8, 4) is 0 Å². The Labute approximate surface area is 178 Å². The topological polar surface area (TPSA) is 36.4 Å². The number of halogens is 2. The molecule has 0 aliphatic heterocycles. The predicted molar refractivity (Wildman–Crippen MR) is 119 cm³/mol. The summed E-state index contributed by atoms with van der Waals surface area (Å²) in [7, 11) is 0. The maximum Gasteiger partial charge on any atom is 0.270 e. The predicted octanol–water partition coefficient (Wildman–Crippen LogP) is 5.87. The van der Waals surface area contributed by atoms with Gasteiger partial charge in [0.25, 0.3) is 5.91 Å². The van der Waals surface area contributed by atoms with Gasteiger partial charge in [0.05, 0.1) is 18.9 Å². The number of carbonyl (C=O) groups excluding carboxylic acids is 1. The summed E-state index contributed by atoms with van der Waals surface area (Å²) in [5.74, 6) is 0.00554. The minimum Gasteiger partial charge on any atom is -0.302 e. The number of thiophene rings is 1. The molecule has 1 aromatic carbocycles. The SMILES string of the molecule is CCN(CC)CCN(C(=O)c1ccc(Br)s1)c1nc2ccc(Br)cc2s1. The molecule has 3 rings (SSSR count). The van der Waals surface area contributed by atoms with Crippen LogP contribution < -0.4 is 4.90 Å². The summed E-state index contributed by atoms with van der Waals surface area (Å²) in [6.07, 6.45) is 0. The van der Waals surface area contributed by atoms with Crippen molar-refractivity contribution < 1.29 is 4.79 Å². The van der Waals surface area contributed by atoms with Crippen LogP contribution in [0.4, 0.5) is 5.13 Å². The lowest BCUT2D eigenvalue weighted by molar-refractivity contribution is 0.0987. The van der Waals surface area contributed by atoms with Crippen LogP contribution in [0.25, 0.3) is 10.2 Å². The first-order chi connectivity index (χ1) is 12.5. The Morgan fingerprint density at radius 3 is 2.50 bits per heavy atom. The molecule has 3 aromatic rings. The van der Waals surface area contributed by atoms with Crippen LogP contribution >= 0.6 is 54.5 Å². The number of anilines is 1. The molecular formula is C18H19Br2N3OS2. The smallest absolute Gasteiger partial charge is 0.270 e. The van der Waals surface area contributed by atoms with E-state index >= 15 is 0 Å². The molecule has 0 saturated heterocycles. The fraction of sp³-hybridized carbons (Fsp3) is 0.333. The molecule has 0 radical (unpaired) electrons. The monoisotopic (exact) mass is 515 g/mol. The molecule has 2 heterocycles. The van der Waals surface area contributed by atoms with Crippen molar-refractivity contribution in [3.05, 3.63) is 43.5 Å². The maximum atomic E-state index is 13.1. The first kappa shape index (κ1) is 19.9. The highest BCUT2D eigenvalue weighted by Crippen LogP contribution is 2.32. The summed E-state index contributed by atoms with van der Waals surface area (Å²) in [5.41, 5.74) is 0.918. The summed E-state index contributed by atoms with van der Waals surface area (Å²) < 4.78 is 3.04. The standard InChI is InChI=1S/C18H19Br2N3OS2/c1-3-22(4-2)9-10-23(17(24)14-7-8-16(20)25-14)18-21-13-6-5-12(19)11-15(13)26-18/h5-8,11H,3-4,9-10H2,1-2H3. The van der Waals surface area contributed by atoms with E-state index in [2.05, 4.69) is 50.6 Å². The molecule has 0 spiro atoms. The Kier molecular flexibility index (Phi) is 6.85. The van der Waals surface area contributed by atoms with E-state index in [0.29, 0.717) is 6.54 Å². The average Bonchev–Trinajstić information content (AvgIpc) is 3.24. The van der Waals surface area contributed by atoms with E-state index in [1.807, 2.05) is 35.2 Å². The number of thiazole rings is 1. The Hall–Kier alpha value is -0.800. The molecule has 0 N–H and O–H groups in total. The van der Waals surface area contributed by atoms with Crippen LogP contribution in [0, 0.1) is 0 Å². The number of hydrogen-bond donors (Lipinski definition) is 0. The molecule has 8 heteroatoms. The number of benzene rings is 1. The molecule has 0 saturated carbocycles. The third kappa shape index (κ3) is 4.54. The average molecular weight is 517 g/mol. The molecule has 0 bridgehead atoms. The lowest BCUT2D eigenvalue weighted by Gasteiger charge is -2.24. The second-order valence-electron chi connectivity index (χ2n) is 5.70. The molecule has 0 fully saturated rings. The Morgan fingerprint density at radius 1 is 1.08 bits per heavy atom. The van der Waals surface area contributed by atoms with Crippen molar-refractivity contribution in [1.82, 2.24) is 9.88 Å². The zero-order valence-corrected chi connectivity index (χ0v) is 19.3. The highest BCUT2D eigenvalue weighted by molar-refractivity contribution is 9.11. The first-order valence-corrected chi connectivity index (χ1v) is 11.6. The van der Waals surface area contributed by atoms with Gasteiger partial charge in [-0.05, 0) is 59.4 Å². The summed E-state index contributed by atoms with van der Waals surface area (Å²) >= 11 is 9.96. The van der Waals surface area contributed by atoms with E-state index in [-0.39, 0.29) is 5.91 Å². The molecule has 26 heavy (non-hydrogen) atoms. The van der Waals surface area contributed by atoms with Crippen LogP contribution in [0.5, 0.6) is 0 Å². The molecule has 138 valence electrons. The lowest BCUT2D eigenvalue weighted by Crippen LogP contribution is -2.38. The third-order valence-corrected chi connectivity index (χ3v) is 7.28. The molecule has 4 nitrogen and oxygen atoms in total. The minimum atomic E-state index is 0.00554. The van der Waals surface area contributed by atoms with Crippen molar-refractivity contribution in [2.24, 2.45) is 0 Å². The fourth-order valence-corrected chi connectivity index (χ4v) is 5.51. The highest BCUT2D eigenvalue weighted by atomic mass is 79.9. The minimum absolute atomic E-state index is 0.00554. The molecule has 0 unspecified atom stereocenters. The van der Waals surface area contributed by atoms with E-state index in [1.165, 1.54) is 11.3 Å². The molecule has 1 amide bonds. The van der Waals surface area contributed by atoms with Crippen molar-refractivity contribution in [2.45, 2.75) is 13.8 Å². The number of nitrogens with zero attached hydrogens (tertiary/aromatic N) is 3. The van der Waals surface area contributed by atoms with Gasteiger partial charge in [-0.1, -0.05) is 41.1 Å². The molecule has 0 aliphatic carbocycles. The van der Waals surface area contributed by atoms with Crippen molar-refractivity contribution in [1.29, 1.82) is 0 Å². The van der Waals surface area contributed by atoms with Crippen LogP contribution in [-0.2, 0) is 0 Å². The zero-order chi connectivity index (χ0) is 18.7. The lowest BCUT2D eigenvalue weighted by atomic mass is 10.3. The van der Waals surface area contributed by atoms with Gasteiger partial charge in [0.1, 0.15) is 0 Å². The van der Waals surface area contributed by atoms with E-state index in [9.17, 15) is 4.79 Å². The van der Waals surface area contributed by atoms with E-state index in [0.717, 1.165) is 48.1 Å². The van der Waals surface area contributed by atoms with Gasteiger partial charge in [-0.15, -0.1) is 11.3 Å². The number of likely N-dealkylation sites (N-methyl/N-ethyl adjacent to an activating group) is 1. The van der Waals surface area contributed by atoms with Crippen LogP contribution in [0.3, 0.4) is 0 Å². The zero-order valence-electron chi connectivity index (χ0n) is 14.5. The summed E-state index contributed by atoms with van der Waals surface area (Å²) in [6.45, 7) is 7.66. The normalized spacial score (nSPS) is 11.4. The molecule has 0 atom stereocenters. The summed E-state index contributed by atoms with van der Waals surface area (Å²) in [5, 5.41) is 0.750. The number of aromatic nitrogens is 1. The second-order valence-corrected chi connectivity index (χ2v) is 10.1. The van der Waals surface area contributed by atoms with Gasteiger partial charge >= 0.3 is 0 Å². The van der Waals surface area contributed by atoms with Gasteiger partial charge in [-0.3, -0.25) is 9.69 Å². The van der Waals surface area contributed by atoms with Gasteiger partial charge in [-0.25, -0.2) is 4.98 Å². The number of fused-ring (bicyclic) bond motifs is 1. The second kappa shape index (κ2) is 8.93. The van der Waals surface area contributed by atoms with E-state index in [1.54, 1.807) is 11.3 Å². The maximum absolute atomic E-state index is 13.1. The summed E-state index contributed by atoms with van der Waals surface area (Å²) in [4.78, 5) is 22.7. The quantitative estimate of drug-likeness (QED) is 0.394. The van der Waals surface area contributed by atoms with Gasteiger partial charge in [0.2, 0.25) is 0 Å². The third-order valence-electron chi connectivity index (χ3n) is 4.13. The Balaban J connectivity index is 1.93. The fourth-order valence-electron chi connectivity index (χ4n) is 2.63. The number of rotatable bonds is 7. The summed E-state index contributed by atoms with van der Waals surface area (Å²) in [6, 6.07) is 9.78. The van der Waals surface area contributed by atoms with Crippen LogP contribution in [-0.4, -0.2) is 42.0 Å². The van der Waals surface area contributed by atoms with Crippen molar-refractivity contribution in [2.75, 3.05) is 31.1 Å². The van der Waals surface area contributed by atoms with Crippen LogP contribution in [0.1, 0.15) is 23.5 Å². The number of hydrogen-bond acceptors (Lipinski definition) is 5. The first-order valence-electron chi connectivity index (χ1n) is 8.37. The van der Waals surface area contributed by atoms with Crippen molar-refractivity contribution in [3.63, 3.8) is 0 Å². The van der Waals surface area contributed by atoms with Gasteiger partial charge in [0.15, 0.2) is 5.13 Å². The number of amides is 1. The Morgan fingerprint density at radius 2 is 1.85 bits per heavy atom. The van der Waals surface area contributed by atoms with E-state index < -0.39 is 0 Å². The largest absolute Gasteiger partial charge is 0.302 e. The highest BCUT2D eigenvalue weighted by Gasteiger charge is 2.23. The van der Waals surface area contributed by atoms with Gasteiger partial charge < -0.3 is 4.90 Å². The van der Waals surface area contributed by atoms with Gasteiger partial charge in [0, 0.05) is 17.6 Å². The molecule has 2 aromatic heterocycles. The van der Waals surface area contributed by atoms with E-state index in [4.69, 9.17) is 4.98 Å². The van der Waals surface area contributed by atoms with Crippen LogP contribution in [0.15, 0.2) is 38.6 Å². The number of carbonyl (C=O) groups is 1. The van der Waals surface area contributed by atoms with Crippen molar-refractivity contribution >= 4 is 75.8 Å². The Bertz CT molecular complexity index is 905. The molecule has 0 aliphatic rings. The van der Waals surface area contributed by atoms with Gasteiger partial charge in [-0.2, -0.15) is 0 Å².